The first-order valence-corrected chi connectivity index (χ1v) is 9.83. The lowest BCUT2D eigenvalue weighted by Crippen LogP contribution is -2.44. The summed E-state index contributed by atoms with van der Waals surface area (Å²) in [5, 5.41) is 2.67. The Kier molecular flexibility index (Phi) is 7.69. The molecule has 1 atom stereocenters. The smallest absolute Gasteiger partial charge is 0.413 e. The number of hydrogen-bond acceptors (Lipinski definition) is 7. The van der Waals surface area contributed by atoms with E-state index < -0.39 is 17.2 Å². The third kappa shape index (κ3) is 7.78. The molecule has 29 heavy (non-hydrogen) atoms. The van der Waals surface area contributed by atoms with Crippen LogP contribution in [0.25, 0.3) is 0 Å². The van der Waals surface area contributed by atoms with E-state index in [2.05, 4.69) is 36.6 Å². The highest BCUT2D eigenvalue weighted by Gasteiger charge is 2.31. The molecule has 0 saturated carbocycles. The Bertz CT molecular complexity index is 817. The van der Waals surface area contributed by atoms with Crippen molar-refractivity contribution in [1.29, 1.82) is 0 Å². The normalized spacial score (nSPS) is 20.7. The van der Waals surface area contributed by atoms with Gasteiger partial charge >= 0.3 is 6.09 Å². The molecule has 0 bridgehead atoms. The number of hydroxylamine groups is 1. The number of benzene rings is 1. The van der Waals surface area contributed by atoms with Gasteiger partial charge in [0.2, 0.25) is 0 Å². The van der Waals surface area contributed by atoms with Crippen LogP contribution in [0.5, 0.6) is 0 Å². The van der Waals surface area contributed by atoms with Crippen LogP contribution in [-0.4, -0.2) is 30.7 Å². The molecule has 2 aliphatic heterocycles. The Morgan fingerprint density at radius 3 is 2.72 bits per heavy atom. The zero-order valence-corrected chi connectivity index (χ0v) is 18.6. The number of nitrogens with one attached hydrogen (secondary N) is 2. The number of carbonyl (C=O) groups is 1. The number of halogens is 1. The van der Waals surface area contributed by atoms with Gasteiger partial charge in [0, 0.05) is 4.47 Å². The Hall–Kier alpha value is -2.52. The van der Waals surface area contributed by atoms with Gasteiger partial charge < -0.3 is 20.0 Å². The first-order chi connectivity index (χ1) is 13.6. The van der Waals surface area contributed by atoms with Crippen molar-refractivity contribution < 1.29 is 19.1 Å². The molecule has 1 aromatic carbocycles. The molecule has 2 heterocycles. The molecule has 158 valence electrons. The minimum absolute atomic E-state index is 0.267. The van der Waals surface area contributed by atoms with E-state index in [1.54, 1.807) is 12.2 Å². The molecule has 1 unspecified atom stereocenters. The summed E-state index contributed by atoms with van der Waals surface area (Å²) in [6, 6.07) is 7.91. The number of aliphatic imine (C=N–C) groups is 1. The molecule has 0 aromatic heterocycles. The maximum Gasteiger partial charge on any atom is 0.413 e. The highest BCUT2D eigenvalue weighted by Crippen LogP contribution is 2.30. The van der Waals surface area contributed by atoms with Crippen molar-refractivity contribution in [3.63, 3.8) is 0 Å². The maximum absolute atomic E-state index is 11.9. The van der Waals surface area contributed by atoms with Crippen LogP contribution in [0.15, 0.2) is 58.0 Å². The van der Waals surface area contributed by atoms with Crippen LogP contribution in [0.3, 0.4) is 0 Å². The van der Waals surface area contributed by atoms with Crippen LogP contribution in [-0.2, 0) is 19.9 Å². The fourth-order valence-corrected chi connectivity index (χ4v) is 2.88. The monoisotopic (exact) mass is 466 g/mol. The lowest BCUT2D eigenvalue weighted by atomic mass is 9.93. The number of alkyl carbamates (subject to hydrolysis) is 1. The SMILES string of the molecule is CC(C)(C)OC(=O)NC1=NC(C)(c2cccc(Br)c2)COC1.NC1=CC=CON1. The second kappa shape index (κ2) is 9.80. The number of nitrogens with two attached hydrogens (primary N) is 1. The van der Waals surface area contributed by atoms with Crippen LogP contribution < -0.4 is 16.5 Å². The summed E-state index contributed by atoms with van der Waals surface area (Å²) in [5.74, 6) is 1.01. The third-order valence-electron chi connectivity index (χ3n) is 3.69. The van der Waals surface area contributed by atoms with Gasteiger partial charge in [-0.2, -0.15) is 0 Å². The molecular weight excluding hydrogens is 440 g/mol. The zero-order valence-electron chi connectivity index (χ0n) is 17.0. The standard InChI is InChI=1S/C16H21BrN2O3.C4H6N2O/c1-15(2,3)22-14(20)18-13-9-21-10-16(4,19-13)11-6-5-7-12(17)8-11;5-4-2-1-3-7-6-4/h5-8H,9-10H2,1-4H3,(H,18,19,20);1-3,6H,5H2. The van der Waals surface area contributed by atoms with E-state index in [-0.39, 0.29) is 6.61 Å². The molecule has 9 heteroatoms. The quantitative estimate of drug-likeness (QED) is 0.584. The van der Waals surface area contributed by atoms with Gasteiger partial charge in [-0.25, -0.2) is 10.3 Å². The predicted octanol–water partition coefficient (Wildman–Crippen LogP) is 3.45. The number of nitrogens with zero attached hydrogens (tertiary/aromatic N) is 1. The third-order valence-corrected chi connectivity index (χ3v) is 4.19. The van der Waals surface area contributed by atoms with Crippen molar-refractivity contribution in [1.82, 2.24) is 10.8 Å². The van der Waals surface area contributed by atoms with E-state index in [0.29, 0.717) is 18.3 Å². The molecule has 0 radical (unpaired) electrons. The molecule has 1 aromatic rings. The van der Waals surface area contributed by atoms with Crippen molar-refractivity contribution in [2.45, 2.75) is 38.8 Å². The van der Waals surface area contributed by atoms with Gasteiger partial charge in [-0.05, 0) is 57.5 Å². The Balaban J connectivity index is 0.000000360. The molecule has 0 spiro atoms. The Labute approximate surface area is 179 Å². The minimum atomic E-state index is -0.548. The van der Waals surface area contributed by atoms with E-state index in [4.69, 9.17) is 15.2 Å². The average Bonchev–Trinajstić information content (AvgIpc) is 2.61. The van der Waals surface area contributed by atoms with Crippen LogP contribution in [0.1, 0.15) is 33.3 Å². The van der Waals surface area contributed by atoms with Gasteiger partial charge in [0.1, 0.15) is 35.7 Å². The summed E-state index contributed by atoms with van der Waals surface area (Å²) < 4.78 is 11.8. The molecule has 0 aliphatic carbocycles. The van der Waals surface area contributed by atoms with Gasteiger partial charge in [-0.1, -0.05) is 28.1 Å². The van der Waals surface area contributed by atoms with E-state index in [0.717, 1.165) is 10.0 Å². The average molecular weight is 467 g/mol. The molecule has 3 rings (SSSR count). The van der Waals surface area contributed by atoms with Gasteiger partial charge in [-0.15, -0.1) is 0 Å². The highest BCUT2D eigenvalue weighted by atomic mass is 79.9. The van der Waals surface area contributed by atoms with E-state index in [9.17, 15) is 4.79 Å². The minimum Gasteiger partial charge on any atom is -0.444 e. The Morgan fingerprint density at radius 1 is 1.41 bits per heavy atom. The summed E-state index contributed by atoms with van der Waals surface area (Å²) in [6.45, 7) is 8.16. The summed E-state index contributed by atoms with van der Waals surface area (Å²) in [6.07, 6.45) is 4.42. The van der Waals surface area contributed by atoms with Gasteiger partial charge in [0.15, 0.2) is 0 Å². The fourth-order valence-electron chi connectivity index (χ4n) is 2.48. The van der Waals surface area contributed by atoms with Crippen LogP contribution in [0.4, 0.5) is 4.79 Å². The molecule has 2 aliphatic rings. The van der Waals surface area contributed by atoms with Gasteiger partial charge in [0.25, 0.3) is 0 Å². The van der Waals surface area contributed by atoms with Crippen molar-refractivity contribution in [2.24, 2.45) is 10.7 Å². The van der Waals surface area contributed by atoms with Gasteiger partial charge in [-0.3, -0.25) is 10.3 Å². The first-order valence-electron chi connectivity index (χ1n) is 9.04. The summed E-state index contributed by atoms with van der Waals surface area (Å²) in [4.78, 5) is 21.1. The number of hydrogen-bond donors (Lipinski definition) is 3. The zero-order chi connectivity index (χ0) is 21.5. The Morgan fingerprint density at radius 2 is 2.17 bits per heavy atom. The lowest BCUT2D eigenvalue weighted by Gasteiger charge is -2.31. The predicted molar refractivity (Wildman–Crippen MR) is 115 cm³/mol. The fraction of sp³-hybridized carbons (Fsp3) is 0.400. The molecular formula is C20H27BrN4O4. The first kappa shape index (κ1) is 22.8. The maximum atomic E-state index is 11.9. The topological polar surface area (TPSA) is 107 Å². The lowest BCUT2D eigenvalue weighted by molar-refractivity contribution is 0.0543. The number of carbonyl (C=O) groups excluding carboxylic acids is 1. The second-order valence-electron chi connectivity index (χ2n) is 7.63. The van der Waals surface area contributed by atoms with Gasteiger partial charge in [0.05, 0.1) is 6.61 Å². The summed E-state index contributed by atoms with van der Waals surface area (Å²) in [7, 11) is 0. The van der Waals surface area contributed by atoms with Crippen LogP contribution in [0.2, 0.25) is 0 Å². The van der Waals surface area contributed by atoms with Crippen LogP contribution in [0, 0.1) is 0 Å². The van der Waals surface area contributed by atoms with Crippen molar-refractivity contribution >= 4 is 27.9 Å². The number of allylic oxidation sites excluding steroid dienone is 2. The molecule has 0 saturated heterocycles. The van der Waals surface area contributed by atoms with Crippen molar-refractivity contribution in [2.75, 3.05) is 13.2 Å². The van der Waals surface area contributed by atoms with Crippen molar-refractivity contribution in [3.8, 4) is 0 Å². The highest BCUT2D eigenvalue weighted by molar-refractivity contribution is 9.10. The number of rotatable bonds is 1. The van der Waals surface area contributed by atoms with E-state index in [1.165, 1.54) is 6.26 Å². The van der Waals surface area contributed by atoms with E-state index in [1.807, 2.05) is 52.0 Å². The molecule has 1 amide bonds. The number of ether oxygens (including phenoxy) is 2. The summed E-state index contributed by atoms with van der Waals surface area (Å²) in [5.41, 5.74) is 7.58. The van der Waals surface area contributed by atoms with E-state index >= 15 is 0 Å². The summed E-state index contributed by atoms with van der Waals surface area (Å²) >= 11 is 3.46. The van der Waals surface area contributed by atoms with Crippen molar-refractivity contribution in [3.05, 3.63) is 58.5 Å². The molecule has 4 N–H and O–H groups in total. The second-order valence-corrected chi connectivity index (χ2v) is 8.55. The largest absolute Gasteiger partial charge is 0.444 e. The number of amidine groups is 1. The molecule has 8 nitrogen and oxygen atoms in total. The molecule has 0 fully saturated rings. The van der Waals surface area contributed by atoms with Crippen LogP contribution >= 0.6 is 15.9 Å². The number of amides is 1.